The summed E-state index contributed by atoms with van der Waals surface area (Å²) < 4.78 is 0. The van der Waals surface area contributed by atoms with E-state index in [-0.39, 0.29) is 5.91 Å². The van der Waals surface area contributed by atoms with Gasteiger partial charge in [0, 0.05) is 35.9 Å². The van der Waals surface area contributed by atoms with E-state index in [1.165, 1.54) is 0 Å². The zero-order chi connectivity index (χ0) is 17.0. The summed E-state index contributed by atoms with van der Waals surface area (Å²) in [4.78, 5) is 14.1. The van der Waals surface area contributed by atoms with Crippen LogP contribution in [-0.4, -0.2) is 17.9 Å². The van der Waals surface area contributed by atoms with Gasteiger partial charge in [-0.15, -0.1) is 0 Å². The van der Waals surface area contributed by atoms with Crippen LogP contribution in [0.2, 0.25) is 0 Å². The van der Waals surface area contributed by atoms with Gasteiger partial charge in [0.25, 0.3) is 5.91 Å². The molecular weight excluding hydrogens is 286 g/mol. The predicted molar refractivity (Wildman–Crippen MR) is 97.0 cm³/mol. The molecule has 2 aromatic carbocycles. The van der Waals surface area contributed by atoms with Crippen LogP contribution in [0, 0.1) is 13.8 Å². The summed E-state index contributed by atoms with van der Waals surface area (Å²) in [6, 6.07) is 11.5. The lowest BCUT2D eigenvalue weighted by molar-refractivity contribution is 0.0849. The number of hydrogen-bond acceptors (Lipinski definition) is 3. The maximum absolute atomic E-state index is 12.5. The number of rotatable bonds is 4. The Bertz CT molecular complexity index is 750. The van der Waals surface area contributed by atoms with Gasteiger partial charge in [-0.2, -0.15) is 0 Å². The van der Waals surface area contributed by atoms with Crippen molar-refractivity contribution in [1.29, 1.82) is 0 Å². The first-order chi connectivity index (χ1) is 10.9. The van der Waals surface area contributed by atoms with Crippen molar-refractivity contribution >= 4 is 23.0 Å². The summed E-state index contributed by atoms with van der Waals surface area (Å²) in [5.74, 6) is -0.0338. The second kappa shape index (κ2) is 7.01. The van der Waals surface area contributed by atoms with E-state index in [4.69, 9.17) is 5.73 Å². The topological polar surface area (TPSA) is 58.4 Å². The fourth-order valence-corrected chi connectivity index (χ4v) is 2.34. The van der Waals surface area contributed by atoms with Crippen LogP contribution in [0.4, 0.5) is 17.1 Å². The van der Waals surface area contributed by atoms with Gasteiger partial charge in [-0.25, -0.2) is 0 Å². The van der Waals surface area contributed by atoms with Crippen molar-refractivity contribution < 1.29 is 4.79 Å². The number of carbonyl (C=O) groups is 1. The standard InChI is InChI=1S/C19H23N3O/c1-5-10-22(4)19(23)17-12-16(9-7-13(17)2)21-18-11-15(20)8-6-14(18)3/h5-12,21H,20H2,1-4H3. The summed E-state index contributed by atoms with van der Waals surface area (Å²) in [6.07, 6.45) is 3.59. The van der Waals surface area contributed by atoms with Crippen LogP contribution < -0.4 is 11.1 Å². The molecule has 0 unspecified atom stereocenters. The van der Waals surface area contributed by atoms with E-state index in [2.05, 4.69) is 5.32 Å². The Hall–Kier alpha value is -2.75. The third kappa shape index (κ3) is 3.92. The molecule has 0 bridgehead atoms. The van der Waals surface area contributed by atoms with Crippen LogP contribution in [0.25, 0.3) is 0 Å². The van der Waals surface area contributed by atoms with Crippen LogP contribution in [0.15, 0.2) is 48.7 Å². The number of nitrogen functional groups attached to an aromatic ring is 1. The normalized spacial score (nSPS) is 10.8. The molecule has 4 nitrogen and oxygen atoms in total. The minimum Gasteiger partial charge on any atom is -0.399 e. The maximum atomic E-state index is 12.5. The Morgan fingerprint density at radius 3 is 2.52 bits per heavy atom. The number of carbonyl (C=O) groups excluding carboxylic acids is 1. The summed E-state index contributed by atoms with van der Waals surface area (Å²) in [7, 11) is 1.75. The Labute approximate surface area is 137 Å². The van der Waals surface area contributed by atoms with Crippen molar-refractivity contribution in [3.05, 3.63) is 65.4 Å². The van der Waals surface area contributed by atoms with Crippen molar-refractivity contribution in [3.8, 4) is 0 Å². The maximum Gasteiger partial charge on any atom is 0.257 e. The number of amides is 1. The number of nitrogens with zero attached hydrogens (tertiary/aromatic N) is 1. The van der Waals surface area contributed by atoms with Crippen molar-refractivity contribution in [1.82, 2.24) is 4.90 Å². The minimum absolute atomic E-state index is 0.0338. The molecule has 0 aromatic heterocycles. The van der Waals surface area contributed by atoms with E-state index in [0.29, 0.717) is 11.3 Å². The van der Waals surface area contributed by atoms with Gasteiger partial charge in [0.1, 0.15) is 0 Å². The third-order valence-corrected chi connectivity index (χ3v) is 3.70. The van der Waals surface area contributed by atoms with Gasteiger partial charge in [-0.1, -0.05) is 18.2 Å². The molecule has 0 fully saturated rings. The predicted octanol–water partition coefficient (Wildman–Crippen LogP) is 4.23. The molecule has 3 N–H and O–H groups in total. The zero-order valence-corrected chi connectivity index (χ0v) is 14.1. The van der Waals surface area contributed by atoms with Crippen LogP contribution in [0.1, 0.15) is 28.4 Å². The third-order valence-electron chi connectivity index (χ3n) is 3.70. The van der Waals surface area contributed by atoms with E-state index in [1.807, 2.05) is 63.2 Å². The number of aryl methyl sites for hydroxylation is 2. The van der Waals surface area contributed by atoms with Gasteiger partial charge in [-0.3, -0.25) is 4.79 Å². The van der Waals surface area contributed by atoms with Crippen molar-refractivity contribution in [2.24, 2.45) is 0 Å². The largest absolute Gasteiger partial charge is 0.399 e. The van der Waals surface area contributed by atoms with E-state index in [1.54, 1.807) is 18.1 Å². The van der Waals surface area contributed by atoms with Gasteiger partial charge < -0.3 is 16.0 Å². The Balaban J connectivity index is 2.33. The van der Waals surface area contributed by atoms with Crippen molar-refractivity contribution in [3.63, 3.8) is 0 Å². The number of allylic oxidation sites excluding steroid dienone is 1. The zero-order valence-electron chi connectivity index (χ0n) is 14.1. The highest BCUT2D eigenvalue weighted by atomic mass is 16.2. The average molecular weight is 309 g/mol. The molecule has 0 atom stereocenters. The summed E-state index contributed by atoms with van der Waals surface area (Å²) >= 11 is 0. The van der Waals surface area contributed by atoms with Gasteiger partial charge in [0.15, 0.2) is 0 Å². The van der Waals surface area contributed by atoms with Crippen LogP contribution >= 0.6 is 0 Å². The average Bonchev–Trinajstić information content (AvgIpc) is 2.52. The highest BCUT2D eigenvalue weighted by Gasteiger charge is 2.13. The van der Waals surface area contributed by atoms with E-state index >= 15 is 0 Å². The first-order valence-corrected chi connectivity index (χ1v) is 7.56. The molecule has 2 aromatic rings. The Morgan fingerprint density at radius 2 is 1.83 bits per heavy atom. The molecule has 0 saturated heterocycles. The first kappa shape index (κ1) is 16.6. The molecular formula is C19H23N3O. The number of nitrogens with two attached hydrogens (primary N) is 1. The number of anilines is 3. The van der Waals surface area contributed by atoms with Crippen LogP contribution in [0.3, 0.4) is 0 Å². The molecule has 0 heterocycles. The van der Waals surface area contributed by atoms with Crippen LogP contribution in [0.5, 0.6) is 0 Å². The van der Waals surface area contributed by atoms with E-state index in [9.17, 15) is 4.79 Å². The molecule has 0 aliphatic carbocycles. The lowest BCUT2D eigenvalue weighted by Gasteiger charge is -2.16. The number of hydrogen-bond donors (Lipinski definition) is 2. The molecule has 4 heteroatoms. The highest BCUT2D eigenvalue weighted by Crippen LogP contribution is 2.25. The Morgan fingerprint density at radius 1 is 1.13 bits per heavy atom. The monoisotopic (exact) mass is 309 g/mol. The minimum atomic E-state index is -0.0338. The molecule has 23 heavy (non-hydrogen) atoms. The molecule has 0 aliphatic heterocycles. The number of benzene rings is 2. The van der Waals surface area contributed by atoms with E-state index < -0.39 is 0 Å². The van der Waals surface area contributed by atoms with E-state index in [0.717, 1.165) is 22.5 Å². The fraction of sp³-hybridized carbons (Fsp3) is 0.211. The fourth-order valence-electron chi connectivity index (χ4n) is 2.34. The number of nitrogens with one attached hydrogen (secondary N) is 1. The molecule has 0 aliphatic rings. The summed E-state index contributed by atoms with van der Waals surface area (Å²) in [5, 5.41) is 3.34. The smallest absolute Gasteiger partial charge is 0.257 e. The van der Waals surface area contributed by atoms with Crippen LogP contribution in [-0.2, 0) is 0 Å². The summed E-state index contributed by atoms with van der Waals surface area (Å²) in [6.45, 7) is 5.84. The SMILES string of the molecule is CC=CN(C)C(=O)c1cc(Nc2cc(N)ccc2C)ccc1C. The van der Waals surface area contributed by atoms with Gasteiger partial charge in [-0.05, 0) is 56.2 Å². The first-order valence-electron chi connectivity index (χ1n) is 7.56. The van der Waals surface area contributed by atoms with Crippen molar-refractivity contribution in [2.45, 2.75) is 20.8 Å². The second-order valence-electron chi connectivity index (χ2n) is 5.63. The molecule has 0 radical (unpaired) electrons. The van der Waals surface area contributed by atoms with Gasteiger partial charge in [0.2, 0.25) is 0 Å². The molecule has 120 valence electrons. The van der Waals surface area contributed by atoms with Gasteiger partial charge in [0.05, 0.1) is 0 Å². The molecule has 1 amide bonds. The second-order valence-corrected chi connectivity index (χ2v) is 5.63. The van der Waals surface area contributed by atoms with Gasteiger partial charge >= 0.3 is 0 Å². The van der Waals surface area contributed by atoms with Crippen molar-refractivity contribution in [2.75, 3.05) is 18.1 Å². The quantitative estimate of drug-likeness (QED) is 0.831. The lowest BCUT2D eigenvalue weighted by atomic mass is 10.1. The lowest BCUT2D eigenvalue weighted by Crippen LogP contribution is -2.21. The Kier molecular flexibility index (Phi) is 5.06. The molecule has 2 rings (SSSR count). The highest BCUT2D eigenvalue weighted by molar-refractivity contribution is 5.97. The molecule has 0 spiro atoms. The molecule has 0 saturated carbocycles. The summed E-state index contributed by atoms with van der Waals surface area (Å²) in [5.41, 5.74) is 11.1.